The number of hydroxylamine groups is 2. The Balaban J connectivity index is 1.75. The Morgan fingerprint density at radius 2 is 1.95 bits per heavy atom. The SMILES string of the molecule is CCOCc1ccc(NC(=O)CC2CCN(OC)CC2)cc1. The van der Waals surface area contributed by atoms with Crippen LogP contribution in [-0.4, -0.2) is 37.8 Å². The number of carbonyl (C=O) groups is 1. The second-order valence-corrected chi connectivity index (χ2v) is 5.64. The van der Waals surface area contributed by atoms with Crippen LogP contribution in [0.5, 0.6) is 0 Å². The summed E-state index contributed by atoms with van der Waals surface area (Å²) in [4.78, 5) is 17.3. The van der Waals surface area contributed by atoms with Crippen LogP contribution < -0.4 is 5.32 Å². The molecule has 2 rings (SSSR count). The highest BCUT2D eigenvalue weighted by molar-refractivity contribution is 5.90. The van der Waals surface area contributed by atoms with E-state index >= 15 is 0 Å². The molecule has 1 aliphatic heterocycles. The summed E-state index contributed by atoms with van der Waals surface area (Å²) in [6, 6.07) is 7.84. The summed E-state index contributed by atoms with van der Waals surface area (Å²) in [5.74, 6) is 0.539. The molecule has 0 radical (unpaired) electrons. The number of rotatable bonds is 7. The van der Waals surface area contributed by atoms with E-state index in [0.717, 1.165) is 37.2 Å². The number of nitrogens with zero attached hydrogens (tertiary/aromatic N) is 1. The van der Waals surface area contributed by atoms with E-state index in [2.05, 4.69) is 5.32 Å². The van der Waals surface area contributed by atoms with Crippen molar-refractivity contribution < 1.29 is 14.4 Å². The van der Waals surface area contributed by atoms with E-state index in [-0.39, 0.29) is 5.91 Å². The third-order valence-electron chi connectivity index (χ3n) is 4.02. The van der Waals surface area contributed by atoms with Gasteiger partial charge < -0.3 is 14.9 Å². The second kappa shape index (κ2) is 8.88. The predicted molar refractivity (Wildman–Crippen MR) is 86.3 cm³/mol. The van der Waals surface area contributed by atoms with E-state index in [0.29, 0.717) is 25.6 Å². The molecular formula is C17H26N2O3. The van der Waals surface area contributed by atoms with Gasteiger partial charge in [0.15, 0.2) is 0 Å². The average Bonchev–Trinajstić information content (AvgIpc) is 2.55. The van der Waals surface area contributed by atoms with Crippen molar-refractivity contribution in [2.45, 2.75) is 32.8 Å². The van der Waals surface area contributed by atoms with Crippen LogP contribution in [-0.2, 0) is 21.0 Å². The van der Waals surface area contributed by atoms with Gasteiger partial charge in [-0.3, -0.25) is 4.79 Å². The standard InChI is InChI=1S/C17H26N2O3/c1-3-22-13-15-4-6-16(7-5-15)18-17(20)12-14-8-10-19(21-2)11-9-14/h4-7,14H,3,8-13H2,1-2H3,(H,18,20). The molecule has 122 valence electrons. The van der Waals surface area contributed by atoms with Gasteiger partial charge in [-0.15, -0.1) is 0 Å². The van der Waals surface area contributed by atoms with Gasteiger partial charge in [0.2, 0.25) is 5.91 Å². The van der Waals surface area contributed by atoms with E-state index in [9.17, 15) is 4.79 Å². The Hall–Kier alpha value is -1.43. The number of hydrogen-bond acceptors (Lipinski definition) is 4. The van der Waals surface area contributed by atoms with Crippen LogP contribution in [0.2, 0.25) is 0 Å². The third-order valence-corrected chi connectivity index (χ3v) is 4.02. The second-order valence-electron chi connectivity index (χ2n) is 5.64. The number of carbonyl (C=O) groups excluding carboxylic acids is 1. The summed E-state index contributed by atoms with van der Waals surface area (Å²) in [6.07, 6.45) is 2.60. The van der Waals surface area contributed by atoms with Gasteiger partial charge >= 0.3 is 0 Å². The average molecular weight is 306 g/mol. The smallest absolute Gasteiger partial charge is 0.224 e. The number of amides is 1. The van der Waals surface area contributed by atoms with Crippen LogP contribution >= 0.6 is 0 Å². The molecule has 1 N–H and O–H groups in total. The van der Waals surface area contributed by atoms with Crippen molar-refractivity contribution in [1.82, 2.24) is 5.06 Å². The molecular weight excluding hydrogens is 280 g/mol. The van der Waals surface area contributed by atoms with E-state index in [4.69, 9.17) is 9.57 Å². The molecule has 0 atom stereocenters. The first kappa shape index (κ1) is 16.9. The number of hydrogen-bond donors (Lipinski definition) is 1. The molecule has 1 aliphatic rings. The first-order valence-corrected chi connectivity index (χ1v) is 7.97. The molecule has 1 amide bonds. The zero-order chi connectivity index (χ0) is 15.8. The molecule has 0 spiro atoms. The van der Waals surface area contributed by atoms with E-state index in [1.54, 1.807) is 7.11 Å². The maximum Gasteiger partial charge on any atom is 0.224 e. The fourth-order valence-corrected chi connectivity index (χ4v) is 2.67. The van der Waals surface area contributed by atoms with Crippen LogP contribution in [0.4, 0.5) is 5.69 Å². The van der Waals surface area contributed by atoms with Gasteiger partial charge in [-0.25, -0.2) is 0 Å². The molecule has 1 saturated heterocycles. The van der Waals surface area contributed by atoms with Gasteiger partial charge in [0.05, 0.1) is 13.7 Å². The third kappa shape index (κ3) is 5.40. The molecule has 0 saturated carbocycles. The highest BCUT2D eigenvalue weighted by Gasteiger charge is 2.21. The number of ether oxygens (including phenoxy) is 1. The van der Waals surface area contributed by atoms with Crippen LogP contribution in [0.25, 0.3) is 0 Å². The lowest BCUT2D eigenvalue weighted by atomic mass is 9.94. The molecule has 1 heterocycles. The normalized spacial score (nSPS) is 16.6. The fraction of sp³-hybridized carbons (Fsp3) is 0.588. The number of piperidine rings is 1. The van der Waals surface area contributed by atoms with Crippen molar-refractivity contribution in [3.63, 3.8) is 0 Å². The molecule has 5 nitrogen and oxygen atoms in total. The monoisotopic (exact) mass is 306 g/mol. The largest absolute Gasteiger partial charge is 0.377 e. The highest BCUT2D eigenvalue weighted by Crippen LogP contribution is 2.21. The predicted octanol–water partition coefficient (Wildman–Crippen LogP) is 2.83. The van der Waals surface area contributed by atoms with Crippen molar-refractivity contribution in [3.05, 3.63) is 29.8 Å². The Kier molecular flexibility index (Phi) is 6.83. The van der Waals surface area contributed by atoms with Gasteiger partial charge in [0.25, 0.3) is 0 Å². The summed E-state index contributed by atoms with van der Waals surface area (Å²) in [5.41, 5.74) is 1.96. The first-order chi connectivity index (χ1) is 10.7. The highest BCUT2D eigenvalue weighted by atomic mass is 16.7. The molecule has 0 aromatic heterocycles. The number of nitrogens with one attached hydrogen (secondary N) is 1. The Morgan fingerprint density at radius 1 is 1.27 bits per heavy atom. The number of anilines is 1. The van der Waals surface area contributed by atoms with Crippen molar-refractivity contribution >= 4 is 11.6 Å². The van der Waals surface area contributed by atoms with Crippen LogP contribution in [0.15, 0.2) is 24.3 Å². The summed E-state index contributed by atoms with van der Waals surface area (Å²) in [6.45, 7) is 5.11. The summed E-state index contributed by atoms with van der Waals surface area (Å²) >= 11 is 0. The summed E-state index contributed by atoms with van der Waals surface area (Å²) < 4.78 is 5.36. The Labute approximate surface area is 132 Å². The fourth-order valence-electron chi connectivity index (χ4n) is 2.67. The molecule has 0 unspecified atom stereocenters. The molecule has 22 heavy (non-hydrogen) atoms. The van der Waals surface area contributed by atoms with Gasteiger partial charge in [0.1, 0.15) is 0 Å². The van der Waals surface area contributed by atoms with E-state index < -0.39 is 0 Å². The Bertz CT molecular complexity index is 453. The van der Waals surface area contributed by atoms with E-state index in [1.165, 1.54) is 0 Å². The lowest BCUT2D eigenvalue weighted by Gasteiger charge is -2.29. The topological polar surface area (TPSA) is 50.8 Å². The first-order valence-electron chi connectivity index (χ1n) is 7.97. The minimum atomic E-state index is 0.0911. The molecule has 1 aromatic carbocycles. The van der Waals surface area contributed by atoms with Crippen LogP contribution in [0.3, 0.4) is 0 Å². The zero-order valence-electron chi connectivity index (χ0n) is 13.5. The summed E-state index contributed by atoms with van der Waals surface area (Å²) in [7, 11) is 1.70. The minimum Gasteiger partial charge on any atom is -0.377 e. The maximum absolute atomic E-state index is 12.1. The van der Waals surface area contributed by atoms with Gasteiger partial charge in [0, 0.05) is 31.8 Å². The maximum atomic E-state index is 12.1. The minimum absolute atomic E-state index is 0.0911. The lowest BCUT2D eigenvalue weighted by molar-refractivity contribution is -0.149. The van der Waals surface area contributed by atoms with Crippen molar-refractivity contribution in [3.8, 4) is 0 Å². The number of benzene rings is 1. The molecule has 0 aliphatic carbocycles. The molecule has 1 fully saturated rings. The summed E-state index contributed by atoms with van der Waals surface area (Å²) in [5, 5.41) is 4.92. The van der Waals surface area contributed by atoms with Crippen molar-refractivity contribution in [2.24, 2.45) is 5.92 Å². The molecule has 0 bridgehead atoms. The van der Waals surface area contributed by atoms with Crippen LogP contribution in [0.1, 0.15) is 31.7 Å². The van der Waals surface area contributed by atoms with Gasteiger partial charge in [-0.1, -0.05) is 12.1 Å². The van der Waals surface area contributed by atoms with E-state index in [1.807, 2.05) is 36.3 Å². The quantitative estimate of drug-likeness (QED) is 0.841. The van der Waals surface area contributed by atoms with Crippen molar-refractivity contribution in [1.29, 1.82) is 0 Å². The van der Waals surface area contributed by atoms with Crippen molar-refractivity contribution in [2.75, 3.05) is 32.1 Å². The molecule has 5 heteroatoms. The van der Waals surface area contributed by atoms with Gasteiger partial charge in [-0.2, -0.15) is 5.06 Å². The van der Waals surface area contributed by atoms with Crippen LogP contribution in [0, 0.1) is 5.92 Å². The van der Waals surface area contributed by atoms with Gasteiger partial charge in [-0.05, 0) is 43.4 Å². The Morgan fingerprint density at radius 3 is 2.55 bits per heavy atom. The zero-order valence-corrected chi connectivity index (χ0v) is 13.5. The molecule has 1 aromatic rings. The lowest BCUT2D eigenvalue weighted by Crippen LogP contribution is -2.34.